The van der Waals surface area contributed by atoms with E-state index in [1.807, 2.05) is 77.1 Å². The average Bonchev–Trinajstić information content (AvgIpc) is 2.82. The van der Waals surface area contributed by atoms with Crippen molar-refractivity contribution in [3.05, 3.63) is 88.8 Å². The maximum atomic E-state index is 12.4. The Bertz CT molecular complexity index is 901. The van der Waals surface area contributed by atoms with Gasteiger partial charge in [-0.1, -0.05) is 50.8 Å². The maximum absolute atomic E-state index is 12.4. The molecule has 0 fully saturated rings. The molecule has 1 amide bonds. The topological polar surface area (TPSA) is 62.7 Å². The largest absolute Gasteiger partial charge is 0.501 e. The number of methoxy groups -OCH3 is 1. The van der Waals surface area contributed by atoms with E-state index in [-0.39, 0.29) is 5.91 Å². The molecular formula is C26H35N3O2. The molecule has 1 aliphatic heterocycles. The predicted molar refractivity (Wildman–Crippen MR) is 132 cm³/mol. The SMILES string of the molecule is C=C1C=NNC/C1=C/C=C(\C)c1ccc(C(=O)NCC(=C/C)/C=C(\C)OC)cc1.CC. The van der Waals surface area contributed by atoms with E-state index in [1.54, 1.807) is 13.3 Å². The van der Waals surface area contributed by atoms with E-state index in [4.69, 9.17) is 4.74 Å². The summed E-state index contributed by atoms with van der Waals surface area (Å²) in [6, 6.07) is 7.60. The summed E-state index contributed by atoms with van der Waals surface area (Å²) in [5.74, 6) is 0.695. The number of hydrogen-bond acceptors (Lipinski definition) is 4. The van der Waals surface area contributed by atoms with E-state index in [0.717, 1.165) is 33.6 Å². The monoisotopic (exact) mass is 421 g/mol. The van der Waals surface area contributed by atoms with Crippen LogP contribution in [0, 0.1) is 0 Å². The second-order valence-electron chi connectivity index (χ2n) is 6.74. The van der Waals surface area contributed by atoms with Gasteiger partial charge in [-0.15, -0.1) is 0 Å². The number of hydrazone groups is 1. The average molecular weight is 422 g/mol. The van der Waals surface area contributed by atoms with Crippen LogP contribution >= 0.6 is 0 Å². The van der Waals surface area contributed by atoms with Crippen molar-refractivity contribution >= 4 is 17.7 Å². The highest BCUT2D eigenvalue weighted by molar-refractivity contribution is 5.94. The van der Waals surface area contributed by atoms with Gasteiger partial charge in [-0.2, -0.15) is 5.10 Å². The molecule has 5 nitrogen and oxygen atoms in total. The molecule has 0 bridgehead atoms. The fourth-order valence-corrected chi connectivity index (χ4v) is 2.66. The van der Waals surface area contributed by atoms with Crippen molar-refractivity contribution in [2.24, 2.45) is 5.10 Å². The molecule has 0 radical (unpaired) electrons. The van der Waals surface area contributed by atoms with Crippen LogP contribution in [0.25, 0.3) is 5.57 Å². The summed E-state index contributed by atoms with van der Waals surface area (Å²) in [5, 5.41) is 6.92. The van der Waals surface area contributed by atoms with E-state index < -0.39 is 0 Å². The van der Waals surface area contributed by atoms with Crippen molar-refractivity contribution in [3.8, 4) is 0 Å². The van der Waals surface area contributed by atoms with E-state index in [1.165, 1.54) is 0 Å². The summed E-state index contributed by atoms with van der Waals surface area (Å²) in [5.41, 5.74) is 8.75. The molecule has 1 aliphatic rings. The Hall–Kier alpha value is -3.34. The Morgan fingerprint density at radius 2 is 1.87 bits per heavy atom. The molecule has 0 aromatic heterocycles. The van der Waals surface area contributed by atoms with Crippen LogP contribution in [-0.2, 0) is 4.74 Å². The van der Waals surface area contributed by atoms with Crippen molar-refractivity contribution < 1.29 is 9.53 Å². The van der Waals surface area contributed by atoms with Crippen molar-refractivity contribution in [1.82, 2.24) is 10.7 Å². The molecule has 0 spiro atoms. The van der Waals surface area contributed by atoms with Crippen molar-refractivity contribution in [3.63, 3.8) is 0 Å². The summed E-state index contributed by atoms with van der Waals surface area (Å²) in [6.45, 7) is 15.0. The van der Waals surface area contributed by atoms with Crippen LogP contribution in [0.3, 0.4) is 0 Å². The first kappa shape index (κ1) is 25.7. The van der Waals surface area contributed by atoms with Gasteiger partial charge in [0.1, 0.15) is 0 Å². The number of carbonyl (C=O) groups excluding carboxylic acids is 1. The van der Waals surface area contributed by atoms with Crippen molar-refractivity contribution in [2.75, 3.05) is 20.2 Å². The van der Waals surface area contributed by atoms with E-state index in [2.05, 4.69) is 28.5 Å². The Labute approximate surface area is 187 Å². The third-order valence-electron chi connectivity index (χ3n) is 4.67. The van der Waals surface area contributed by atoms with Gasteiger partial charge in [-0.3, -0.25) is 4.79 Å². The number of allylic oxidation sites excluding steroid dienone is 5. The fraction of sp³-hybridized carbons (Fsp3) is 0.308. The second-order valence-corrected chi connectivity index (χ2v) is 6.74. The van der Waals surface area contributed by atoms with Gasteiger partial charge in [0.05, 0.1) is 25.6 Å². The van der Waals surface area contributed by atoms with E-state index in [0.29, 0.717) is 18.7 Å². The summed E-state index contributed by atoms with van der Waals surface area (Å²) in [6.07, 6.45) is 9.69. The normalized spacial score (nSPS) is 15.7. The molecule has 0 unspecified atom stereocenters. The third-order valence-corrected chi connectivity index (χ3v) is 4.67. The minimum Gasteiger partial charge on any atom is -0.501 e. The summed E-state index contributed by atoms with van der Waals surface area (Å²) in [7, 11) is 1.63. The minimum absolute atomic E-state index is 0.105. The standard InChI is InChI=1S/C24H29N3O2.C2H6/c1-6-20(13-19(4)29-5)15-25-24(28)22-11-9-21(10-12-22)17(2)7-8-23-16-27-26-14-18(23)3;1-2/h6-14,27H,3,15-16H2,1-2,4-5H3,(H,25,28);1-2H3/b17-7+,19-13+,20-6+,23-8-;. The van der Waals surface area contributed by atoms with Crippen LogP contribution in [0.4, 0.5) is 0 Å². The van der Waals surface area contributed by atoms with E-state index >= 15 is 0 Å². The molecule has 1 aromatic rings. The van der Waals surface area contributed by atoms with E-state index in [9.17, 15) is 4.79 Å². The Kier molecular flexibility index (Phi) is 11.4. The fourth-order valence-electron chi connectivity index (χ4n) is 2.66. The van der Waals surface area contributed by atoms with Gasteiger partial charge in [0.15, 0.2) is 0 Å². The predicted octanol–water partition coefficient (Wildman–Crippen LogP) is 5.41. The molecule has 0 saturated carbocycles. The van der Waals surface area contributed by atoms with Crippen LogP contribution < -0.4 is 10.7 Å². The molecule has 166 valence electrons. The van der Waals surface area contributed by atoms with Crippen molar-refractivity contribution in [2.45, 2.75) is 34.6 Å². The molecule has 2 N–H and O–H groups in total. The van der Waals surface area contributed by atoms with Gasteiger partial charge in [-0.25, -0.2) is 0 Å². The van der Waals surface area contributed by atoms with Crippen LogP contribution in [-0.4, -0.2) is 32.3 Å². The lowest BCUT2D eigenvalue weighted by Gasteiger charge is -2.11. The summed E-state index contributed by atoms with van der Waals surface area (Å²) >= 11 is 0. The molecule has 1 aromatic carbocycles. The number of nitrogens with zero attached hydrogens (tertiary/aromatic N) is 1. The van der Waals surface area contributed by atoms with Crippen molar-refractivity contribution in [1.29, 1.82) is 0 Å². The minimum atomic E-state index is -0.105. The highest BCUT2D eigenvalue weighted by Crippen LogP contribution is 2.17. The number of carbonyl (C=O) groups is 1. The molecule has 0 saturated heterocycles. The first-order chi connectivity index (χ1) is 14.9. The summed E-state index contributed by atoms with van der Waals surface area (Å²) in [4.78, 5) is 12.4. The highest BCUT2D eigenvalue weighted by Gasteiger charge is 2.07. The van der Waals surface area contributed by atoms with Gasteiger partial charge in [-0.05, 0) is 66.8 Å². The highest BCUT2D eigenvalue weighted by atomic mass is 16.5. The number of nitrogens with one attached hydrogen (secondary N) is 2. The lowest BCUT2D eigenvalue weighted by atomic mass is 10.0. The second kappa shape index (κ2) is 13.8. The molecule has 31 heavy (non-hydrogen) atoms. The molecule has 0 aliphatic carbocycles. The first-order valence-electron chi connectivity index (χ1n) is 10.5. The molecule has 2 rings (SSSR count). The number of amides is 1. The lowest BCUT2D eigenvalue weighted by Crippen LogP contribution is -2.25. The zero-order valence-electron chi connectivity index (χ0n) is 19.6. The summed E-state index contributed by atoms with van der Waals surface area (Å²) < 4.78 is 5.16. The number of hydrogen-bond donors (Lipinski definition) is 2. The Morgan fingerprint density at radius 1 is 1.23 bits per heavy atom. The Balaban J connectivity index is 0.00000233. The molecule has 0 atom stereocenters. The Morgan fingerprint density at radius 3 is 2.45 bits per heavy atom. The smallest absolute Gasteiger partial charge is 0.251 e. The van der Waals surface area contributed by atoms with Crippen LogP contribution in [0.5, 0.6) is 0 Å². The van der Waals surface area contributed by atoms with Gasteiger partial charge in [0, 0.05) is 12.1 Å². The molecule has 1 heterocycles. The molecule has 5 heteroatoms. The van der Waals surface area contributed by atoms with Gasteiger partial charge < -0.3 is 15.5 Å². The quantitative estimate of drug-likeness (QED) is 0.457. The number of ether oxygens (including phenoxy) is 1. The van der Waals surface area contributed by atoms with Crippen LogP contribution in [0.1, 0.15) is 50.5 Å². The number of benzene rings is 1. The first-order valence-corrected chi connectivity index (χ1v) is 10.5. The van der Waals surface area contributed by atoms with Crippen LogP contribution in [0.2, 0.25) is 0 Å². The zero-order valence-corrected chi connectivity index (χ0v) is 19.6. The number of rotatable bonds is 7. The molecular weight excluding hydrogens is 386 g/mol. The van der Waals surface area contributed by atoms with Gasteiger partial charge >= 0.3 is 0 Å². The van der Waals surface area contributed by atoms with Gasteiger partial charge in [0.2, 0.25) is 0 Å². The maximum Gasteiger partial charge on any atom is 0.251 e. The van der Waals surface area contributed by atoms with Gasteiger partial charge in [0.25, 0.3) is 5.91 Å². The van der Waals surface area contributed by atoms with Crippen LogP contribution in [0.15, 0.2) is 82.7 Å². The lowest BCUT2D eigenvalue weighted by molar-refractivity contribution is 0.0957. The zero-order chi connectivity index (χ0) is 23.2. The third kappa shape index (κ3) is 8.51.